The van der Waals surface area contributed by atoms with Crippen molar-refractivity contribution in [2.24, 2.45) is 0 Å². The van der Waals surface area contributed by atoms with Crippen molar-refractivity contribution in [1.29, 1.82) is 0 Å². The molecule has 48 heavy (non-hydrogen) atoms. The van der Waals surface area contributed by atoms with Gasteiger partial charge in [-0.1, -0.05) is 133 Å². The summed E-state index contributed by atoms with van der Waals surface area (Å²) >= 11 is 1.78. The first-order valence-electron chi connectivity index (χ1n) is 16.2. The topological polar surface area (TPSA) is 16.1 Å². The van der Waals surface area contributed by atoms with Crippen LogP contribution in [0.1, 0.15) is 0 Å². The molecule has 0 bridgehead atoms. The standard InChI is InChI=1S/C45H30N2S/c1-5-13-31(14-6-1)32-21-23-33(24-22-32)40-29-35-25-28-42-44(48-45(46-42)34-15-7-2-8-16-34)43(35)41-30-38(26-27-39(40)41)47(36-17-9-3-10-18-36)37-19-11-4-12-20-37/h1-30H. The predicted octanol–water partition coefficient (Wildman–Crippen LogP) is 13.1. The number of nitrogens with zero attached hydrogens (tertiary/aromatic N) is 2. The van der Waals surface area contributed by atoms with Crippen molar-refractivity contribution >= 4 is 60.2 Å². The number of hydrogen-bond acceptors (Lipinski definition) is 3. The number of hydrogen-bond donors (Lipinski definition) is 0. The van der Waals surface area contributed by atoms with Crippen LogP contribution in [-0.2, 0) is 0 Å². The normalized spacial score (nSPS) is 11.3. The first-order valence-corrected chi connectivity index (χ1v) is 17.0. The van der Waals surface area contributed by atoms with E-state index in [1.54, 1.807) is 11.3 Å². The number of aromatic nitrogens is 1. The average molecular weight is 631 g/mol. The van der Waals surface area contributed by atoms with Crippen molar-refractivity contribution in [3.8, 4) is 32.8 Å². The molecule has 2 nitrogen and oxygen atoms in total. The van der Waals surface area contributed by atoms with E-state index in [2.05, 4.69) is 187 Å². The summed E-state index contributed by atoms with van der Waals surface area (Å²) in [4.78, 5) is 7.46. The van der Waals surface area contributed by atoms with Gasteiger partial charge < -0.3 is 4.90 Å². The van der Waals surface area contributed by atoms with Gasteiger partial charge in [-0.25, -0.2) is 4.98 Å². The summed E-state index contributed by atoms with van der Waals surface area (Å²) in [6.07, 6.45) is 0. The molecule has 0 saturated heterocycles. The maximum Gasteiger partial charge on any atom is 0.124 e. The summed E-state index contributed by atoms with van der Waals surface area (Å²) in [6.45, 7) is 0. The lowest BCUT2D eigenvalue weighted by atomic mass is 9.91. The Morgan fingerprint density at radius 2 is 0.979 bits per heavy atom. The van der Waals surface area contributed by atoms with Crippen molar-refractivity contribution in [3.05, 3.63) is 182 Å². The number of benzene rings is 8. The van der Waals surface area contributed by atoms with Crippen molar-refractivity contribution in [2.75, 3.05) is 4.90 Å². The molecule has 0 amide bonds. The molecule has 226 valence electrons. The third-order valence-corrected chi connectivity index (χ3v) is 10.2. The van der Waals surface area contributed by atoms with Gasteiger partial charge in [-0.3, -0.25) is 0 Å². The van der Waals surface area contributed by atoms with Gasteiger partial charge in [0.05, 0.1) is 10.2 Å². The van der Waals surface area contributed by atoms with Crippen LogP contribution in [-0.4, -0.2) is 4.98 Å². The number of thiazole rings is 1. The maximum atomic E-state index is 5.12. The average Bonchev–Trinajstić information content (AvgIpc) is 3.61. The fraction of sp³-hybridized carbons (Fsp3) is 0. The highest BCUT2D eigenvalue weighted by atomic mass is 32.1. The summed E-state index contributed by atoms with van der Waals surface area (Å²) in [5.41, 5.74) is 10.4. The highest BCUT2D eigenvalue weighted by molar-refractivity contribution is 7.22. The maximum absolute atomic E-state index is 5.12. The van der Waals surface area contributed by atoms with E-state index in [0.29, 0.717) is 0 Å². The summed E-state index contributed by atoms with van der Waals surface area (Å²) in [7, 11) is 0. The predicted molar refractivity (Wildman–Crippen MR) is 206 cm³/mol. The quantitative estimate of drug-likeness (QED) is 0.170. The molecule has 3 heteroatoms. The van der Waals surface area contributed by atoms with Crippen molar-refractivity contribution in [2.45, 2.75) is 0 Å². The lowest BCUT2D eigenvalue weighted by molar-refractivity contribution is 1.29. The number of fused-ring (bicyclic) bond motifs is 5. The Balaban J connectivity index is 1.30. The van der Waals surface area contributed by atoms with E-state index >= 15 is 0 Å². The molecule has 1 aromatic heterocycles. The van der Waals surface area contributed by atoms with E-state index in [1.165, 1.54) is 48.5 Å². The Kier molecular flexibility index (Phi) is 7.03. The number of para-hydroxylation sites is 2. The molecule has 0 N–H and O–H groups in total. The molecule has 0 aliphatic carbocycles. The zero-order valence-corrected chi connectivity index (χ0v) is 26.9. The molecule has 9 aromatic rings. The molecule has 0 atom stereocenters. The molecule has 0 aliphatic rings. The minimum atomic E-state index is 1.03. The molecule has 0 spiro atoms. The van der Waals surface area contributed by atoms with E-state index in [0.717, 1.165) is 33.1 Å². The molecule has 1 heterocycles. The lowest BCUT2D eigenvalue weighted by Gasteiger charge is -2.26. The Bertz CT molecular complexity index is 2480. The number of rotatable bonds is 6. The summed E-state index contributed by atoms with van der Waals surface area (Å²) in [5, 5.41) is 5.94. The highest BCUT2D eigenvalue weighted by Gasteiger charge is 2.18. The Hall–Kier alpha value is -6.03. The van der Waals surface area contributed by atoms with Crippen molar-refractivity contribution < 1.29 is 0 Å². The second-order valence-electron chi connectivity index (χ2n) is 12.0. The van der Waals surface area contributed by atoms with Gasteiger partial charge >= 0.3 is 0 Å². The zero-order valence-electron chi connectivity index (χ0n) is 26.1. The van der Waals surface area contributed by atoms with E-state index < -0.39 is 0 Å². The monoisotopic (exact) mass is 630 g/mol. The Morgan fingerprint density at radius 3 is 1.62 bits per heavy atom. The van der Waals surface area contributed by atoms with E-state index in [4.69, 9.17) is 4.98 Å². The lowest BCUT2D eigenvalue weighted by Crippen LogP contribution is -2.09. The third kappa shape index (κ3) is 5.02. The van der Waals surface area contributed by atoms with Gasteiger partial charge in [-0.15, -0.1) is 11.3 Å². The smallest absolute Gasteiger partial charge is 0.124 e. The largest absolute Gasteiger partial charge is 0.310 e. The summed E-state index contributed by atoms with van der Waals surface area (Å²) < 4.78 is 1.21. The minimum absolute atomic E-state index is 1.03. The van der Waals surface area contributed by atoms with Crippen LogP contribution in [0.25, 0.3) is 64.6 Å². The highest BCUT2D eigenvalue weighted by Crippen LogP contribution is 2.44. The molecule has 0 saturated carbocycles. The van der Waals surface area contributed by atoms with E-state index in [-0.39, 0.29) is 0 Å². The van der Waals surface area contributed by atoms with Crippen molar-refractivity contribution in [3.63, 3.8) is 0 Å². The fourth-order valence-electron chi connectivity index (χ4n) is 6.77. The van der Waals surface area contributed by atoms with Gasteiger partial charge in [0.1, 0.15) is 5.01 Å². The molecule has 0 unspecified atom stereocenters. The van der Waals surface area contributed by atoms with Gasteiger partial charge in [0, 0.05) is 28.0 Å². The van der Waals surface area contributed by atoms with Gasteiger partial charge in [0.2, 0.25) is 0 Å². The summed E-state index contributed by atoms with van der Waals surface area (Å²) in [5.74, 6) is 0. The summed E-state index contributed by atoms with van der Waals surface area (Å²) in [6, 6.07) is 65.0. The van der Waals surface area contributed by atoms with Crippen molar-refractivity contribution in [1.82, 2.24) is 4.98 Å². The minimum Gasteiger partial charge on any atom is -0.310 e. The van der Waals surface area contributed by atoms with Crippen LogP contribution in [0.15, 0.2) is 182 Å². The molecule has 0 fully saturated rings. The van der Waals surface area contributed by atoms with Gasteiger partial charge in [0.25, 0.3) is 0 Å². The van der Waals surface area contributed by atoms with Crippen LogP contribution in [0.5, 0.6) is 0 Å². The van der Waals surface area contributed by atoms with Crippen LogP contribution in [0.3, 0.4) is 0 Å². The second kappa shape index (κ2) is 12.0. The molecule has 8 aromatic carbocycles. The van der Waals surface area contributed by atoms with Gasteiger partial charge in [-0.05, 0) is 86.9 Å². The van der Waals surface area contributed by atoms with Crippen LogP contribution in [0.2, 0.25) is 0 Å². The first kappa shape index (κ1) is 28.2. The molecule has 9 rings (SSSR count). The Morgan fingerprint density at radius 1 is 0.417 bits per heavy atom. The van der Waals surface area contributed by atoms with E-state index in [1.807, 2.05) is 0 Å². The van der Waals surface area contributed by atoms with Crippen LogP contribution in [0, 0.1) is 0 Å². The van der Waals surface area contributed by atoms with Crippen LogP contribution >= 0.6 is 11.3 Å². The molecule has 0 aliphatic heterocycles. The molecular weight excluding hydrogens is 601 g/mol. The SMILES string of the molecule is c1ccc(-c2ccc(-c3cc4ccc5nc(-c6ccccc6)sc5c4c4cc(N(c5ccccc5)c5ccccc5)ccc34)cc2)cc1. The van der Waals surface area contributed by atoms with E-state index in [9.17, 15) is 0 Å². The van der Waals surface area contributed by atoms with Gasteiger partial charge in [-0.2, -0.15) is 0 Å². The zero-order chi connectivity index (χ0) is 31.9. The number of anilines is 3. The van der Waals surface area contributed by atoms with Crippen LogP contribution < -0.4 is 4.90 Å². The van der Waals surface area contributed by atoms with Crippen LogP contribution in [0.4, 0.5) is 17.1 Å². The fourth-order valence-corrected chi connectivity index (χ4v) is 7.91. The third-order valence-electron chi connectivity index (χ3n) is 9.06. The molecular formula is C45H30N2S. The second-order valence-corrected chi connectivity index (χ2v) is 13.0. The first-order chi connectivity index (χ1) is 23.8. The Labute approximate surface area is 283 Å². The molecule has 0 radical (unpaired) electrons. The van der Waals surface area contributed by atoms with Gasteiger partial charge in [0.15, 0.2) is 0 Å².